The standard InChI is InChI=1S/C28H30N2O7S/c1-7-36-25-19(10-9-11-21(25)35-6)24-23(27(32)37-8-2)16(3)29-28-30(24)26(31)22(38-28)15-17-14-18(33-4)12-13-20(17)34-5/h9-15,24H,7-8H2,1-6H3/b22-15+/t24-/m1/s1. The highest BCUT2D eigenvalue weighted by molar-refractivity contribution is 7.07. The smallest absolute Gasteiger partial charge is 0.338 e. The number of aromatic nitrogens is 1. The molecule has 0 fully saturated rings. The van der Waals surface area contributed by atoms with Crippen LogP contribution in [0.25, 0.3) is 6.08 Å². The molecule has 0 bridgehead atoms. The molecule has 0 N–H and O–H groups in total. The average Bonchev–Trinajstić information content (AvgIpc) is 3.22. The number of ether oxygens (including phenoxy) is 5. The molecular weight excluding hydrogens is 508 g/mol. The van der Waals surface area contributed by atoms with Crippen molar-refractivity contribution in [1.82, 2.24) is 4.57 Å². The fraction of sp³-hybridized carbons (Fsp3) is 0.321. The number of para-hydroxylation sites is 1. The zero-order valence-electron chi connectivity index (χ0n) is 22.2. The van der Waals surface area contributed by atoms with E-state index in [-0.39, 0.29) is 17.7 Å². The van der Waals surface area contributed by atoms with Crippen molar-refractivity contribution in [1.29, 1.82) is 0 Å². The van der Waals surface area contributed by atoms with Crippen molar-refractivity contribution in [3.05, 3.63) is 78.5 Å². The third kappa shape index (κ3) is 4.91. The maximum Gasteiger partial charge on any atom is 0.338 e. The lowest BCUT2D eigenvalue weighted by molar-refractivity contribution is -0.139. The van der Waals surface area contributed by atoms with E-state index >= 15 is 0 Å². The summed E-state index contributed by atoms with van der Waals surface area (Å²) in [6.45, 7) is 5.87. The number of hydrogen-bond donors (Lipinski definition) is 0. The molecule has 0 saturated carbocycles. The summed E-state index contributed by atoms with van der Waals surface area (Å²) in [5, 5.41) is 0. The van der Waals surface area contributed by atoms with Crippen molar-refractivity contribution in [3.63, 3.8) is 0 Å². The molecule has 0 radical (unpaired) electrons. The summed E-state index contributed by atoms with van der Waals surface area (Å²) >= 11 is 1.22. The number of allylic oxidation sites excluding steroid dienone is 1. The number of fused-ring (bicyclic) bond motifs is 1. The van der Waals surface area contributed by atoms with Crippen LogP contribution in [0.5, 0.6) is 23.0 Å². The van der Waals surface area contributed by atoms with Gasteiger partial charge in [0.15, 0.2) is 16.3 Å². The highest BCUT2D eigenvalue weighted by Gasteiger charge is 2.36. The summed E-state index contributed by atoms with van der Waals surface area (Å²) in [5.41, 5.74) is 1.68. The van der Waals surface area contributed by atoms with Crippen molar-refractivity contribution in [2.45, 2.75) is 26.8 Å². The summed E-state index contributed by atoms with van der Waals surface area (Å²) in [5.74, 6) is 1.60. The number of hydrogen-bond acceptors (Lipinski definition) is 9. The minimum absolute atomic E-state index is 0.179. The SMILES string of the molecule is CCOC(=O)C1=C(C)N=c2s/c(=C/c3cc(OC)ccc3OC)c(=O)n2[C@@H]1c1cccc(OC)c1OCC. The molecule has 1 aliphatic rings. The van der Waals surface area contributed by atoms with Crippen molar-refractivity contribution in [3.8, 4) is 23.0 Å². The molecule has 1 aromatic heterocycles. The Morgan fingerprint density at radius 2 is 1.82 bits per heavy atom. The maximum atomic E-state index is 14.0. The third-order valence-corrected chi connectivity index (χ3v) is 7.04. The molecule has 0 aliphatic carbocycles. The molecule has 2 aromatic carbocycles. The predicted octanol–water partition coefficient (Wildman–Crippen LogP) is 3.22. The number of rotatable bonds is 9. The highest BCUT2D eigenvalue weighted by Crippen LogP contribution is 2.40. The summed E-state index contributed by atoms with van der Waals surface area (Å²) in [6.07, 6.45) is 1.74. The molecule has 0 unspecified atom stereocenters. The molecule has 200 valence electrons. The molecule has 2 heterocycles. The van der Waals surface area contributed by atoms with E-state index in [0.29, 0.717) is 55.8 Å². The van der Waals surface area contributed by atoms with Gasteiger partial charge in [-0.1, -0.05) is 23.5 Å². The number of carbonyl (C=O) groups excluding carboxylic acids is 1. The van der Waals surface area contributed by atoms with Crippen LogP contribution in [0.2, 0.25) is 0 Å². The van der Waals surface area contributed by atoms with E-state index < -0.39 is 12.0 Å². The first-order valence-electron chi connectivity index (χ1n) is 12.1. The first-order valence-corrected chi connectivity index (χ1v) is 12.9. The van der Waals surface area contributed by atoms with E-state index in [1.807, 2.05) is 13.0 Å². The molecule has 0 saturated heterocycles. The Hall–Kier alpha value is -4.05. The van der Waals surface area contributed by atoms with Crippen LogP contribution in [-0.2, 0) is 9.53 Å². The van der Waals surface area contributed by atoms with Crippen molar-refractivity contribution in [2.75, 3.05) is 34.5 Å². The second kappa shape index (κ2) is 11.6. The number of benzene rings is 2. The predicted molar refractivity (Wildman–Crippen MR) is 144 cm³/mol. The van der Waals surface area contributed by atoms with Crippen molar-refractivity contribution < 1.29 is 28.5 Å². The fourth-order valence-corrected chi connectivity index (χ4v) is 5.42. The Balaban J connectivity index is 2.03. The lowest BCUT2D eigenvalue weighted by Gasteiger charge is -2.26. The first-order chi connectivity index (χ1) is 18.4. The molecule has 38 heavy (non-hydrogen) atoms. The van der Waals surface area contributed by atoms with E-state index in [0.717, 1.165) is 0 Å². The molecule has 0 spiro atoms. The minimum Gasteiger partial charge on any atom is -0.497 e. The third-order valence-electron chi connectivity index (χ3n) is 6.05. The summed E-state index contributed by atoms with van der Waals surface area (Å²) < 4.78 is 29.7. The van der Waals surface area contributed by atoms with Gasteiger partial charge in [0.2, 0.25) is 0 Å². The molecule has 0 amide bonds. The number of carbonyl (C=O) groups is 1. The lowest BCUT2D eigenvalue weighted by atomic mass is 9.94. The number of methoxy groups -OCH3 is 3. The Morgan fingerprint density at radius 1 is 1.05 bits per heavy atom. The van der Waals surface area contributed by atoms with Crippen LogP contribution < -0.4 is 33.8 Å². The van der Waals surface area contributed by atoms with Crippen molar-refractivity contribution in [2.24, 2.45) is 4.99 Å². The summed E-state index contributed by atoms with van der Waals surface area (Å²) in [7, 11) is 4.68. The van der Waals surface area contributed by atoms with Crippen LogP contribution in [0.4, 0.5) is 0 Å². The molecular formula is C28H30N2O7S. The van der Waals surface area contributed by atoms with Gasteiger partial charge in [0.1, 0.15) is 17.5 Å². The van der Waals surface area contributed by atoms with Crippen LogP contribution in [0.15, 0.2) is 57.5 Å². The van der Waals surface area contributed by atoms with Crippen molar-refractivity contribution >= 4 is 23.4 Å². The van der Waals surface area contributed by atoms with Crippen LogP contribution in [0, 0.1) is 0 Å². The van der Waals surface area contributed by atoms with Gasteiger partial charge in [0.25, 0.3) is 5.56 Å². The van der Waals surface area contributed by atoms with Crippen LogP contribution >= 0.6 is 11.3 Å². The second-order valence-electron chi connectivity index (χ2n) is 8.22. The Labute approximate surface area is 224 Å². The molecule has 1 aliphatic heterocycles. The van der Waals surface area contributed by atoms with Gasteiger partial charge in [-0.05, 0) is 51.1 Å². The first kappa shape index (κ1) is 27.0. The van der Waals surface area contributed by atoms with Gasteiger partial charge in [-0.3, -0.25) is 9.36 Å². The highest BCUT2D eigenvalue weighted by atomic mass is 32.1. The van der Waals surface area contributed by atoms with Gasteiger partial charge in [0, 0.05) is 11.1 Å². The largest absolute Gasteiger partial charge is 0.497 e. The monoisotopic (exact) mass is 538 g/mol. The minimum atomic E-state index is -0.837. The van der Waals surface area contributed by atoms with Crippen LogP contribution in [0.1, 0.15) is 37.9 Å². The topological polar surface area (TPSA) is 97.6 Å². The normalized spacial score (nSPS) is 15.0. The van der Waals surface area contributed by atoms with E-state index in [4.69, 9.17) is 23.7 Å². The van der Waals surface area contributed by atoms with Crippen LogP contribution in [0.3, 0.4) is 0 Å². The lowest BCUT2D eigenvalue weighted by Crippen LogP contribution is -2.40. The molecule has 3 aromatic rings. The van der Waals surface area contributed by atoms with Gasteiger partial charge in [-0.2, -0.15) is 0 Å². The van der Waals surface area contributed by atoms with E-state index in [1.165, 1.54) is 15.9 Å². The molecule has 10 heteroatoms. The maximum absolute atomic E-state index is 14.0. The molecule has 4 rings (SSSR count). The quantitative estimate of drug-likeness (QED) is 0.386. The zero-order chi connectivity index (χ0) is 27.4. The van der Waals surface area contributed by atoms with Gasteiger partial charge in [0.05, 0.1) is 50.3 Å². The number of thiazole rings is 1. The fourth-order valence-electron chi connectivity index (χ4n) is 4.39. The van der Waals surface area contributed by atoms with Gasteiger partial charge >= 0.3 is 5.97 Å². The van der Waals surface area contributed by atoms with Gasteiger partial charge in [-0.25, -0.2) is 9.79 Å². The van der Waals surface area contributed by atoms with Gasteiger partial charge in [-0.15, -0.1) is 0 Å². The zero-order valence-corrected chi connectivity index (χ0v) is 23.0. The second-order valence-corrected chi connectivity index (χ2v) is 9.23. The molecule has 1 atom stereocenters. The number of esters is 1. The Bertz CT molecular complexity index is 1570. The summed E-state index contributed by atoms with van der Waals surface area (Å²) in [4.78, 5) is 32.3. The van der Waals surface area contributed by atoms with Gasteiger partial charge < -0.3 is 23.7 Å². The number of nitrogens with zero attached hydrogens (tertiary/aromatic N) is 2. The van der Waals surface area contributed by atoms with Crippen LogP contribution in [-0.4, -0.2) is 45.1 Å². The Morgan fingerprint density at radius 3 is 2.47 bits per heavy atom. The van der Waals surface area contributed by atoms with E-state index in [9.17, 15) is 9.59 Å². The Kier molecular flexibility index (Phi) is 8.21. The van der Waals surface area contributed by atoms with E-state index in [1.54, 1.807) is 71.6 Å². The average molecular weight is 539 g/mol. The van der Waals surface area contributed by atoms with E-state index in [2.05, 4.69) is 4.99 Å². The summed E-state index contributed by atoms with van der Waals surface area (Å²) in [6, 6.07) is 9.90. The molecule has 9 nitrogen and oxygen atoms in total.